The van der Waals surface area contributed by atoms with E-state index in [0.29, 0.717) is 32.5 Å². The Morgan fingerprint density at radius 2 is 2.00 bits per heavy atom. The molecule has 0 bridgehead atoms. The third kappa shape index (κ3) is 3.39. The van der Waals surface area contributed by atoms with Crippen LogP contribution < -0.4 is 5.32 Å². The smallest absolute Gasteiger partial charge is 0.328 e. The van der Waals surface area contributed by atoms with Crippen LogP contribution in [0.25, 0.3) is 0 Å². The quantitative estimate of drug-likeness (QED) is 0.756. The summed E-state index contributed by atoms with van der Waals surface area (Å²) in [5.41, 5.74) is 0.533. The van der Waals surface area contributed by atoms with Crippen molar-refractivity contribution in [2.45, 2.75) is 49.7 Å². The van der Waals surface area contributed by atoms with E-state index in [-0.39, 0.29) is 17.8 Å². The number of amides is 2. The molecular formula is C21H27N3O4. The molecule has 4 rings (SSSR count). The molecule has 0 unspecified atom stereocenters. The van der Waals surface area contributed by atoms with Gasteiger partial charge in [-0.05, 0) is 31.2 Å². The summed E-state index contributed by atoms with van der Waals surface area (Å²) in [7, 11) is 1.35. The molecule has 1 spiro atoms. The minimum atomic E-state index is -0.597. The highest BCUT2D eigenvalue weighted by atomic mass is 16.5. The van der Waals surface area contributed by atoms with Crippen molar-refractivity contribution >= 4 is 17.8 Å². The molecule has 150 valence electrons. The molecule has 2 saturated heterocycles. The van der Waals surface area contributed by atoms with Gasteiger partial charge < -0.3 is 19.9 Å². The number of nitrogens with zero attached hydrogens (tertiary/aromatic N) is 2. The number of carbonyl (C=O) groups is 3. The molecule has 1 aromatic rings. The number of hydrogen-bond acceptors (Lipinski definition) is 5. The molecule has 7 heteroatoms. The second-order valence-corrected chi connectivity index (χ2v) is 7.93. The second-order valence-electron chi connectivity index (χ2n) is 7.93. The largest absolute Gasteiger partial charge is 0.467 e. The van der Waals surface area contributed by atoms with Gasteiger partial charge >= 0.3 is 5.97 Å². The van der Waals surface area contributed by atoms with Crippen LogP contribution in [0.4, 0.5) is 0 Å². The first-order chi connectivity index (χ1) is 13.6. The van der Waals surface area contributed by atoms with E-state index < -0.39 is 17.6 Å². The highest BCUT2D eigenvalue weighted by Crippen LogP contribution is 2.39. The van der Waals surface area contributed by atoms with E-state index >= 15 is 0 Å². The number of ether oxygens (including phenoxy) is 1. The van der Waals surface area contributed by atoms with Crippen molar-refractivity contribution in [3.05, 3.63) is 35.9 Å². The van der Waals surface area contributed by atoms with Crippen molar-refractivity contribution in [1.29, 1.82) is 0 Å². The van der Waals surface area contributed by atoms with E-state index in [4.69, 9.17) is 4.74 Å². The first kappa shape index (κ1) is 18.9. The molecule has 1 N–H and O–H groups in total. The van der Waals surface area contributed by atoms with Crippen molar-refractivity contribution < 1.29 is 19.1 Å². The van der Waals surface area contributed by atoms with Crippen LogP contribution in [0.1, 0.15) is 31.2 Å². The number of methoxy groups -OCH3 is 1. The minimum Gasteiger partial charge on any atom is -0.467 e. The Morgan fingerprint density at radius 3 is 2.68 bits per heavy atom. The average molecular weight is 385 g/mol. The normalized spacial score (nSPS) is 24.3. The number of piperazine rings is 1. The molecule has 2 heterocycles. The molecule has 1 aliphatic carbocycles. The molecule has 1 aromatic carbocycles. The Bertz CT molecular complexity index is 762. The van der Waals surface area contributed by atoms with Gasteiger partial charge in [0.2, 0.25) is 11.8 Å². The molecule has 3 aliphatic rings. The Morgan fingerprint density at radius 1 is 1.25 bits per heavy atom. The number of carbonyl (C=O) groups excluding carboxylic acids is 3. The Labute approximate surface area is 165 Å². The van der Waals surface area contributed by atoms with Crippen LogP contribution in [0.15, 0.2) is 30.3 Å². The summed E-state index contributed by atoms with van der Waals surface area (Å²) in [4.78, 5) is 42.2. The van der Waals surface area contributed by atoms with Crippen LogP contribution >= 0.6 is 0 Å². The van der Waals surface area contributed by atoms with Gasteiger partial charge in [-0.1, -0.05) is 30.3 Å². The summed E-state index contributed by atoms with van der Waals surface area (Å²) in [5.74, 6) is -0.515. The number of benzene rings is 1. The minimum absolute atomic E-state index is 0.0156. The first-order valence-electron chi connectivity index (χ1n) is 10.0. The standard InChI is InChI=1S/C21H27N3O4/c1-28-19(26)16-8-5-12-23(16)18(25)17(14-15-6-3-2-4-7-15)24-13-11-22-21(9-10-21)20(24)27/h2-4,6-7,16-17,22H,5,8-14H2,1H3/t16-,17-/m0/s1. The monoisotopic (exact) mass is 385 g/mol. The lowest BCUT2D eigenvalue weighted by Crippen LogP contribution is -2.63. The summed E-state index contributed by atoms with van der Waals surface area (Å²) >= 11 is 0. The molecule has 1 saturated carbocycles. The lowest BCUT2D eigenvalue weighted by molar-refractivity contribution is -0.155. The summed E-state index contributed by atoms with van der Waals surface area (Å²) in [6, 6.07) is 8.60. The highest BCUT2D eigenvalue weighted by molar-refractivity contribution is 5.96. The van der Waals surface area contributed by atoms with Gasteiger partial charge in [0.15, 0.2) is 0 Å². The summed E-state index contributed by atoms with van der Waals surface area (Å²) in [5, 5.41) is 3.32. The maximum atomic E-state index is 13.6. The zero-order chi connectivity index (χ0) is 19.7. The molecule has 2 atom stereocenters. The number of rotatable bonds is 5. The summed E-state index contributed by atoms with van der Waals surface area (Å²) in [6.45, 7) is 1.71. The van der Waals surface area contributed by atoms with Crippen LogP contribution in [0.2, 0.25) is 0 Å². The van der Waals surface area contributed by atoms with Crippen molar-refractivity contribution in [2.24, 2.45) is 0 Å². The predicted molar refractivity (Wildman–Crippen MR) is 102 cm³/mol. The number of likely N-dealkylation sites (tertiary alicyclic amines) is 1. The van der Waals surface area contributed by atoms with Crippen LogP contribution in [0, 0.1) is 0 Å². The maximum Gasteiger partial charge on any atom is 0.328 e. The third-order valence-electron chi connectivity index (χ3n) is 6.18. The van der Waals surface area contributed by atoms with E-state index in [2.05, 4.69) is 5.32 Å². The van der Waals surface area contributed by atoms with Gasteiger partial charge in [0.05, 0.1) is 12.6 Å². The first-order valence-corrected chi connectivity index (χ1v) is 10.0. The van der Waals surface area contributed by atoms with E-state index in [9.17, 15) is 14.4 Å². The van der Waals surface area contributed by atoms with Crippen LogP contribution in [0.3, 0.4) is 0 Å². The van der Waals surface area contributed by atoms with Crippen LogP contribution in [-0.2, 0) is 25.5 Å². The van der Waals surface area contributed by atoms with Gasteiger partial charge in [0.1, 0.15) is 12.1 Å². The summed E-state index contributed by atoms with van der Waals surface area (Å²) in [6.07, 6.45) is 3.47. The van der Waals surface area contributed by atoms with Crippen molar-refractivity contribution in [3.63, 3.8) is 0 Å². The van der Waals surface area contributed by atoms with Gasteiger partial charge in [0.25, 0.3) is 0 Å². The van der Waals surface area contributed by atoms with Crippen LogP contribution in [0.5, 0.6) is 0 Å². The van der Waals surface area contributed by atoms with Crippen LogP contribution in [-0.4, -0.2) is 72.0 Å². The van der Waals surface area contributed by atoms with E-state index in [1.54, 1.807) is 9.80 Å². The Kier molecular flexibility index (Phi) is 5.10. The predicted octanol–water partition coefficient (Wildman–Crippen LogP) is 0.726. The molecule has 0 radical (unpaired) electrons. The zero-order valence-electron chi connectivity index (χ0n) is 16.2. The zero-order valence-corrected chi connectivity index (χ0v) is 16.2. The SMILES string of the molecule is COC(=O)[C@@H]1CCCN1C(=O)[C@H](Cc1ccccc1)N1CCNC2(CC2)C1=O. The number of esters is 1. The summed E-state index contributed by atoms with van der Waals surface area (Å²) < 4.78 is 4.90. The molecule has 2 amide bonds. The van der Waals surface area contributed by atoms with Gasteiger partial charge in [-0.15, -0.1) is 0 Å². The molecule has 7 nitrogen and oxygen atoms in total. The third-order valence-corrected chi connectivity index (χ3v) is 6.18. The Hall–Kier alpha value is -2.41. The fraction of sp³-hybridized carbons (Fsp3) is 0.571. The lowest BCUT2D eigenvalue weighted by Gasteiger charge is -2.40. The van der Waals surface area contributed by atoms with Gasteiger partial charge in [-0.3, -0.25) is 9.59 Å². The molecular weight excluding hydrogens is 358 g/mol. The van der Waals surface area contributed by atoms with Crippen molar-refractivity contribution in [2.75, 3.05) is 26.7 Å². The molecule has 0 aromatic heterocycles. The fourth-order valence-corrected chi connectivity index (χ4v) is 4.45. The molecule has 2 aliphatic heterocycles. The van der Waals surface area contributed by atoms with E-state index in [1.165, 1.54) is 7.11 Å². The van der Waals surface area contributed by atoms with E-state index in [1.807, 2.05) is 30.3 Å². The van der Waals surface area contributed by atoms with Crippen molar-refractivity contribution in [1.82, 2.24) is 15.1 Å². The van der Waals surface area contributed by atoms with Gasteiger partial charge in [0, 0.05) is 26.1 Å². The van der Waals surface area contributed by atoms with Crippen molar-refractivity contribution in [3.8, 4) is 0 Å². The lowest BCUT2D eigenvalue weighted by atomic mass is 10.00. The van der Waals surface area contributed by atoms with Gasteiger partial charge in [-0.2, -0.15) is 0 Å². The molecule has 3 fully saturated rings. The topological polar surface area (TPSA) is 79.0 Å². The second kappa shape index (κ2) is 7.54. The van der Waals surface area contributed by atoms with Gasteiger partial charge in [-0.25, -0.2) is 4.79 Å². The average Bonchev–Trinajstić information content (AvgIpc) is 3.32. The highest BCUT2D eigenvalue weighted by Gasteiger charge is 2.55. The maximum absolute atomic E-state index is 13.6. The number of hydrogen-bond donors (Lipinski definition) is 1. The Balaban J connectivity index is 1.61. The fourth-order valence-electron chi connectivity index (χ4n) is 4.45. The molecule has 28 heavy (non-hydrogen) atoms. The number of nitrogens with one attached hydrogen (secondary N) is 1. The van der Waals surface area contributed by atoms with E-state index in [0.717, 1.165) is 24.8 Å².